The second kappa shape index (κ2) is 8.98. The van der Waals surface area contributed by atoms with E-state index in [2.05, 4.69) is 5.32 Å². The smallest absolute Gasteiger partial charge is 0.340 e. The number of carbonyl (C=O) groups is 2. The fourth-order valence-corrected chi connectivity index (χ4v) is 3.74. The largest absolute Gasteiger partial charge is 0.484 e. The van der Waals surface area contributed by atoms with Crippen molar-refractivity contribution < 1.29 is 19.1 Å². The third kappa shape index (κ3) is 4.21. The first-order valence-corrected chi connectivity index (χ1v) is 10.3. The van der Waals surface area contributed by atoms with E-state index in [1.165, 1.54) is 7.11 Å². The van der Waals surface area contributed by atoms with Crippen LogP contribution >= 0.6 is 0 Å². The Balaban J connectivity index is 1.62. The van der Waals surface area contributed by atoms with Gasteiger partial charge in [0.15, 0.2) is 6.61 Å². The number of anilines is 1. The molecule has 1 aromatic heterocycles. The van der Waals surface area contributed by atoms with Crippen LogP contribution in [0.5, 0.6) is 5.75 Å². The summed E-state index contributed by atoms with van der Waals surface area (Å²) in [5.41, 5.74) is 4.87. The van der Waals surface area contributed by atoms with Crippen LogP contribution < -0.4 is 10.1 Å². The molecule has 0 unspecified atom stereocenters. The predicted molar refractivity (Wildman–Crippen MR) is 125 cm³/mol. The van der Waals surface area contributed by atoms with Gasteiger partial charge in [-0.05, 0) is 56.3 Å². The molecule has 0 bridgehead atoms. The van der Waals surface area contributed by atoms with Crippen LogP contribution in [-0.2, 0) is 9.53 Å². The molecular weight excluding hydrogens is 404 g/mol. The second-order valence-electron chi connectivity index (χ2n) is 7.50. The number of aromatic nitrogens is 1. The highest BCUT2D eigenvalue weighted by Crippen LogP contribution is 2.32. The van der Waals surface area contributed by atoms with Crippen molar-refractivity contribution in [3.8, 4) is 11.4 Å². The summed E-state index contributed by atoms with van der Waals surface area (Å²) in [6.45, 7) is 3.72. The van der Waals surface area contributed by atoms with Gasteiger partial charge in [0.2, 0.25) is 0 Å². The molecule has 0 radical (unpaired) electrons. The van der Waals surface area contributed by atoms with Gasteiger partial charge in [0, 0.05) is 22.5 Å². The monoisotopic (exact) mass is 428 g/mol. The highest BCUT2D eigenvalue weighted by molar-refractivity contribution is 6.07. The molecule has 0 aliphatic rings. The summed E-state index contributed by atoms with van der Waals surface area (Å²) in [5.74, 6) is -0.191. The summed E-state index contributed by atoms with van der Waals surface area (Å²) in [4.78, 5) is 24.8. The number of para-hydroxylation sites is 1. The molecule has 1 N–H and O–H groups in total. The molecule has 4 aromatic rings. The van der Waals surface area contributed by atoms with Gasteiger partial charge in [0.25, 0.3) is 5.91 Å². The number of amides is 1. The van der Waals surface area contributed by atoms with Crippen LogP contribution in [0.4, 0.5) is 5.69 Å². The Hall–Kier alpha value is -4.06. The summed E-state index contributed by atoms with van der Waals surface area (Å²) >= 11 is 0. The Labute approximate surface area is 186 Å². The quantitative estimate of drug-likeness (QED) is 0.436. The number of aryl methyl sites for hydroxylation is 1. The van der Waals surface area contributed by atoms with Crippen molar-refractivity contribution >= 4 is 28.5 Å². The first-order valence-electron chi connectivity index (χ1n) is 10.3. The van der Waals surface area contributed by atoms with Crippen molar-refractivity contribution in [2.75, 3.05) is 19.0 Å². The number of rotatable bonds is 6. The molecule has 0 saturated heterocycles. The Bertz CT molecular complexity index is 1270. The standard InChI is InChI=1S/C26H24N2O4/c1-17-9-11-19(12-10-17)27-24(29)16-32-21-13-14-23-22(15-21)25(26(30)31-3)18(2)28(23)20-7-5-4-6-8-20/h4-15H,16H2,1-3H3,(H,27,29). The Morgan fingerprint density at radius 2 is 1.66 bits per heavy atom. The molecule has 0 saturated carbocycles. The van der Waals surface area contributed by atoms with Gasteiger partial charge < -0.3 is 19.4 Å². The number of methoxy groups -OCH3 is 1. The van der Waals surface area contributed by atoms with Crippen LogP contribution in [0.2, 0.25) is 0 Å². The number of benzene rings is 3. The van der Waals surface area contributed by atoms with E-state index in [1.807, 2.05) is 79.1 Å². The van der Waals surface area contributed by atoms with E-state index < -0.39 is 5.97 Å². The minimum absolute atomic E-state index is 0.148. The molecule has 162 valence electrons. The van der Waals surface area contributed by atoms with Crippen molar-refractivity contribution in [1.82, 2.24) is 4.57 Å². The Morgan fingerprint density at radius 3 is 2.34 bits per heavy atom. The summed E-state index contributed by atoms with van der Waals surface area (Å²) in [6.07, 6.45) is 0. The van der Waals surface area contributed by atoms with Gasteiger partial charge in [0.1, 0.15) is 5.75 Å². The van der Waals surface area contributed by atoms with Crippen LogP contribution in [-0.4, -0.2) is 30.2 Å². The van der Waals surface area contributed by atoms with Crippen LogP contribution in [0.3, 0.4) is 0 Å². The van der Waals surface area contributed by atoms with Crippen LogP contribution in [0.25, 0.3) is 16.6 Å². The highest BCUT2D eigenvalue weighted by Gasteiger charge is 2.22. The lowest BCUT2D eigenvalue weighted by Gasteiger charge is -2.10. The maximum atomic E-state index is 12.6. The summed E-state index contributed by atoms with van der Waals surface area (Å²) in [7, 11) is 1.36. The Kier molecular flexibility index (Phi) is 5.94. The molecular formula is C26H24N2O4. The molecule has 1 heterocycles. The average Bonchev–Trinajstić information content (AvgIpc) is 3.10. The average molecular weight is 428 g/mol. The fraction of sp³-hybridized carbons (Fsp3) is 0.154. The lowest BCUT2D eigenvalue weighted by Crippen LogP contribution is -2.20. The van der Waals surface area contributed by atoms with Crippen LogP contribution in [0.15, 0.2) is 72.8 Å². The minimum Gasteiger partial charge on any atom is -0.484 e. The van der Waals surface area contributed by atoms with E-state index in [9.17, 15) is 9.59 Å². The van der Waals surface area contributed by atoms with E-state index in [0.29, 0.717) is 22.4 Å². The number of fused-ring (bicyclic) bond motifs is 1. The zero-order valence-corrected chi connectivity index (χ0v) is 18.2. The van der Waals surface area contributed by atoms with E-state index in [1.54, 1.807) is 12.1 Å². The van der Waals surface area contributed by atoms with Crippen LogP contribution in [0.1, 0.15) is 21.6 Å². The van der Waals surface area contributed by atoms with Gasteiger partial charge in [-0.15, -0.1) is 0 Å². The molecule has 0 atom stereocenters. The summed E-state index contributed by atoms with van der Waals surface area (Å²) in [6, 6.07) is 22.8. The first kappa shape index (κ1) is 21.2. The maximum Gasteiger partial charge on any atom is 0.340 e. The molecule has 32 heavy (non-hydrogen) atoms. The minimum atomic E-state index is -0.420. The lowest BCUT2D eigenvalue weighted by atomic mass is 10.1. The lowest BCUT2D eigenvalue weighted by molar-refractivity contribution is -0.118. The molecule has 6 nitrogen and oxygen atoms in total. The SMILES string of the molecule is COC(=O)c1c(C)n(-c2ccccc2)c2ccc(OCC(=O)Nc3ccc(C)cc3)cc12. The maximum absolute atomic E-state index is 12.6. The molecule has 0 fully saturated rings. The summed E-state index contributed by atoms with van der Waals surface area (Å²) < 4.78 is 12.8. The third-order valence-corrected chi connectivity index (χ3v) is 5.28. The predicted octanol–water partition coefficient (Wildman–Crippen LogP) is 5.05. The normalized spacial score (nSPS) is 10.7. The zero-order valence-electron chi connectivity index (χ0n) is 18.2. The van der Waals surface area contributed by atoms with Gasteiger partial charge in [-0.1, -0.05) is 35.9 Å². The number of ether oxygens (including phenoxy) is 2. The zero-order chi connectivity index (χ0) is 22.7. The van der Waals surface area contributed by atoms with Gasteiger partial charge in [-0.2, -0.15) is 0 Å². The number of nitrogens with one attached hydrogen (secondary N) is 1. The van der Waals surface area contributed by atoms with Gasteiger partial charge in [-0.3, -0.25) is 4.79 Å². The van der Waals surface area contributed by atoms with Crippen molar-refractivity contribution in [3.63, 3.8) is 0 Å². The molecule has 3 aromatic carbocycles. The van der Waals surface area contributed by atoms with Crippen molar-refractivity contribution in [2.24, 2.45) is 0 Å². The number of hydrogen-bond donors (Lipinski definition) is 1. The molecule has 0 spiro atoms. The van der Waals surface area contributed by atoms with Gasteiger partial charge >= 0.3 is 5.97 Å². The van der Waals surface area contributed by atoms with Crippen molar-refractivity contribution in [2.45, 2.75) is 13.8 Å². The van der Waals surface area contributed by atoms with Crippen LogP contribution in [0, 0.1) is 13.8 Å². The molecule has 4 rings (SSSR count). The molecule has 0 aliphatic carbocycles. The number of nitrogens with zero attached hydrogens (tertiary/aromatic N) is 1. The first-order chi connectivity index (χ1) is 15.5. The number of hydrogen-bond acceptors (Lipinski definition) is 4. The van der Waals surface area contributed by atoms with Crippen molar-refractivity contribution in [3.05, 3.63) is 89.6 Å². The number of esters is 1. The third-order valence-electron chi connectivity index (χ3n) is 5.28. The van der Waals surface area contributed by atoms with Gasteiger partial charge in [0.05, 0.1) is 18.2 Å². The van der Waals surface area contributed by atoms with E-state index in [0.717, 1.165) is 22.5 Å². The van der Waals surface area contributed by atoms with Gasteiger partial charge in [-0.25, -0.2) is 4.79 Å². The van der Waals surface area contributed by atoms with E-state index in [-0.39, 0.29) is 12.5 Å². The van der Waals surface area contributed by atoms with Crippen molar-refractivity contribution in [1.29, 1.82) is 0 Å². The topological polar surface area (TPSA) is 69.6 Å². The molecule has 6 heteroatoms. The second-order valence-corrected chi connectivity index (χ2v) is 7.50. The van der Waals surface area contributed by atoms with E-state index >= 15 is 0 Å². The molecule has 1 amide bonds. The number of carbonyl (C=O) groups excluding carboxylic acids is 2. The fourth-order valence-electron chi connectivity index (χ4n) is 3.74. The van der Waals surface area contributed by atoms with E-state index in [4.69, 9.17) is 9.47 Å². The molecule has 0 aliphatic heterocycles. The summed E-state index contributed by atoms with van der Waals surface area (Å²) in [5, 5.41) is 3.51. The highest BCUT2D eigenvalue weighted by atomic mass is 16.5. The Morgan fingerprint density at radius 1 is 0.938 bits per heavy atom.